The highest BCUT2D eigenvalue weighted by molar-refractivity contribution is 5.55. The van der Waals surface area contributed by atoms with E-state index in [1.54, 1.807) is 38.1 Å². The summed E-state index contributed by atoms with van der Waals surface area (Å²) in [7, 11) is 0. The molecule has 0 aliphatic carbocycles. The van der Waals surface area contributed by atoms with Crippen molar-refractivity contribution < 1.29 is 22.6 Å². The molecule has 1 aromatic carbocycles. The summed E-state index contributed by atoms with van der Waals surface area (Å²) < 4.78 is 49.9. The molecule has 0 saturated heterocycles. The molecule has 0 aliphatic heterocycles. The van der Waals surface area contributed by atoms with Crippen molar-refractivity contribution in [3.63, 3.8) is 0 Å². The van der Waals surface area contributed by atoms with Crippen molar-refractivity contribution in [1.82, 2.24) is 9.97 Å². The zero-order chi connectivity index (χ0) is 19.2. The lowest BCUT2D eigenvalue weighted by Gasteiger charge is -2.16. The van der Waals surface area contributed by atoms with Crippen molar-refractivity contribution in [2.45, 2.75) is 45.9 Å². The van der Waals surface area contributed by atoms with Gasteiger partial charge in [-0.25, -0.2) is 4.98 Å². The van der Waals surface area contributed by atoms with Crippen molar-refractivity contribution in [2.75, 3.05) is 11.9 Å². The van der Waals surface area contributed by atoms with Crippen LogP contribution in [0.1, 0.15) is 39.2 Å². The van der Waals surface area contributed by atoms with Crippen molar-refractivity contribution in [3.05, 3.63) is 36.0 Å². The molecule has 0 saturated carbocycles. The van der Waals surface area contributed by atoms with Crippen LogP contribution < -0.4 is 14.8 Å². The number of anilines is 2. The second-order valence-electron chi connectivity index (χ2n) is 5.93. The highest BCUT2D eigenvalue weighted by Gasteiger charge is 2.36. The van der Waals surface area contributed by atoms with E-state index in [0.29, 0.717) is 12.3 Å². The molecule has 0 spiro atoms. The number of hydrogen-bond acceptors (Lipinski definition) is 5. The van der Waals surface area contributed by atoms with E-state index < -0.39 is 23.7 Å². The Labute approximate surface area is 150 Å². The molecule has 0 unspecified atom stereocenters. The van der Waals surface area contributed by atoms with E-state index in [2.05, 4.69) is 22.2 Å². The molecule has 1 heterocycles. The standard InChI is InChI=1S/C18H22F3N3O2/c1-4-5-10-25-14-8-6-13(7-9-14)23-17-22-11-15(18(19,20)21)16(24-17)26-12(2)3/h6-9,11-12H,4-5,10H2,1-3H3,(H,22,23,24). The monoisotopic (exact) mass is 369 g/mol. The fourth-order valence-corrected chi connectivity index (χ4v) is 2.03. The fraction of sp³-hybridized carbons (Fsp3) is 0.444. The maximum absolute atomic E-state index is 13.0. The molecule has 1 N–H and O–H groups in total. The normalized spacial score (nSPS) is 11.5. The van der Waals surface area contributed by atoms with E-state index >= 15 is 0 Å². The van der Waals surface area contributed by atoms with E-state index in [4.69, 9.17) is 9.47 Å². The van der Waals surface area contributed by atoms with E-state index in [0.717, 1.165) is 24.8 Å². The number of aromatic nitrogens is 2. The molecule has 0 radical (unpaired) electrons. The molecule has 0 atom stereocenters. The Hall–Kier alpha value is -2.51. The molecule has 5 nitrogen and oxygen atoms in total. The van der Waals surface area contributed by atoms with Gasteiger partial charge < -0.3 is 14.8 Å². The number of nitrogens with zero attached hydrogens (tertiary/aromatic N) is 2. The fourth-order valence-electron chi connectivity index (χ4n) is 2.03. The molecule has 2 aromatic rings. The van der Waals surface area contributed by atoms with Crippen molar-refractivity contribution in [1.29, 1.82) is 0 Å². The van der Waals surface area contributed by atoms with Crippen molar-refractivity contribution >= 4 is 11.6 Å². The predicted molar refractivity (Wildman–Crippen MR) is 92.9 cm³/mol. The molecule has 26 heavy (non-hydrogen) atoms. The molecule has 142 valence electrons. The van der Waals surface area contributed by atoms with Crippen LogP contribution in [0.5, 0.6) is 11.6 Å². The van der Waals surface area contributed by atoms with Crippen LogP contribution >= 0.6 is 0 Å². The minimum atomic E-state index is -4.58. The van der Waals surface area contributed by atoms with E-state index in [9.17, 15) is 13.2 Å². The summed E-state index contributed by atoms with van der Waals surface area (Å²) in [6.45, 7) is 5.98. The average Bonchev–Trinajstić information content (AvgIpc) is 2.55. The molecule has 1 aromatic heterocycles. The number of benzene rings is 1. The summed E-state index contributed by atoms with van der Waals surface area (Å²) >= 11 is 0. The van der Waals surface area contributed by atoms with Gasteiger partial charge in [0, 0.05) is 11.9 Å². The van der Waals surface area contributed by atoms with Gasteiger partial charge in [-0.15, -0.1) is 0 Å². The quantitative estimate of drug-likeness (QED) is 0.648. The van der Waals surface area contributed by atoms with Crippen LogP contribution in [0.3, 0.4) is 0 Å². The Morgan fingerprint density at radius 1 is 1.15 bits per heavy atom. The van der Waals surface area contributed by atoms with Crippen LogP contribution in [0.15, 0.2) is 30.5 Å². The summed E-state index contributed by atoms with van der Waals surface area (Å²) in [5.74, 6) is 0.249. The lowest BCUT2D eigenvalue weighted by atomic mass is 10.3. The first-order chi connectivity index (χ1) is 12.3. The SMILES string of the molecule is CCCCOc1ccc(Nc2ncc(C(F)(F)F)c(OC(C)C)n2)cc1. The zero-order valence-corrected chi connectivity index (χ0v) is 14.9. The summed E-state index contributed by atoms with van der Waals surface area (Å²) in [4.78, 5) is 7.60. The molecule has 0 fully saturated rings. The van der Waals surface area contributed by atoms with Crippen LogP contribution in [0, 0.1) is 0 Å². The Balaban J connectivity index is 2.13. The van der Waals surface area contributed by atoms with Gasteiger partial charge >= 0.3 is 6.18 Å². The summed E-state index contributed by atoms with van der Waals surface area (Å²) in [5.41, 5.74) is -0.375. The number of halogens is 3. The number of nitrogens with one attached hydrogen (secondary N) is 1. The van der Waals surface area contributed by atoms with Gasteiger partial charge in [0.05, 0.1) is 12.7 Å². The maximum atomic E-state index is 13.0. The minimum Gasteiger partial charge on any atom is -0.494 e. The van der Waals surface area contributed by atoms with Crippen molar-refractivity contribution in [2.24, 2.45) is 0 Å². The van der Waals surface area contributed by atoms with Gasteiger partial charge in [-0.3, -0.25) is 0 Å². The molecule has 8 heteroatoms. The van der Waals surface area contributed by atoms with Crippen LogP contribution in [-0.2, 0) is 6.18 Å². The summed E-state index contributed by atoms with van der Waals surface area (Å²) in [6, 6.07) is 7.03. The van der Waals surface area contributed by atoms with Gasteiger partial charge in [-0.2, -0.15) is 18.2 Å². The molecule has 0 bridgehead atoms. The third-order valence-corrected chi connectivity index (χ3v) is 3.28. The first-order valence-corrected chi connectivity index (χ1v) is 8.40. The highest BCUT2D eigenvalue weighted by atomic mass is 19.4. The highest BCUT2D eigenvalue weighted by Crippen LogP contribution is 2.35. The predicted octanol–water partition coefficient (Wildman–Crippen LogP) is 5.21. The summed E-state index contributed by atoms with van der Waals surface area (Å²) in [6.07, 6.45) is -2.29. The van der Waals surface area contributed by atoms with Crippen LogP contribution in [0.25, 0.3) is 0 Å². The zero-order valence-electron chi connectivity index (χ0n) is 14.9. The first-order valence-electron chi connectivity index (χ1n) is 8.40. The molecular formula is C18H22F3N3O2. The molecule has 2 rings (SSSR count). The summed E-state index contributed by atoms with van der Waals surface area (Å²) in [5, 5.41) is 2.87. The number of unbranched alkanes of at least 4 members (excludes halogenated alkanes) is 1. The second-order valence-corrected chi connectivity index (χ2v) is 5.93. The Morgan fingerprint density at radius 2 is 1.85 bits per heavy atom. The van der Waals surface area contributed by atoms with Gasteiger partial charge in [0.15, 0.2) is 0 Å². The van der Waals surface area contributed by atoms with Crippen LogP contribution in [0.4, 0.5) is 24.8 Å². The first kappa shape index (κ1) is 19.8. The van der Waals surface area contributed by atoms with Crippen molar-refractivity contribution in [3.8, 4) is 11.6 Å². The van der Waals surface area contributed by atoms with Crippen LogP contribution in [0.2, 0.25) is 0 Å². The topological polar surface area (TPSA) is 56.3 Å². The second kappa shape index (κ2) is 8.73. The third-order valence-electron chi connectivity index (χ3n) is 3.28. The number of hydrogen-bond donors (Lipinski definition) is 1. The smallest absolute Gasteiger partial charge is 0.423 e. The Kier molecular flexibility index (Phi) is 6.65. The Bertz CT molecular complexity index is 704. The van der Waals surface area contributed by atoms with Gasteiger partial charge in [-0.05, 0) is 44.5 Å². The lowest BCUT2D eigenvalue weighted by molar-refractivity contribution is -0.139. The maximum Gasteiger partial charge on any atom is 0.423 e. The molecular weight excluding hydrogens is 347 g/mol. The third kappa shape index (κ3) is 5.79. The van der Waals surface area contributed by atoms with Crippen LogP contribution in [-0.4, -0.2) is 22.7 Å². The van der Waals surface area contributed by atoms with Gasteiger partial charge in [0.2, 0.25) is 11.8 Å². The van der Waals surface area contributed by atoms with E-state index in [-0.39, 0.29) is 5.95 Å². The lowest BCUT2D eigenvalue weighted by Crippen LogP contribution is -2.15. The average molecular weight is 369 g/mol. The molecule has 0 aliphatic rings. The van der Waals surface area contributed by atoms with Gasteiger partial charge in [0.1, 0.15) is 11.3 Å². The van der Waals surface area contributed by atoms with E-state index in [1.165, 1.54) is 0 Å². The largest absolute Gasteiger partial charge is 0.494 e. The number of rotatable bonds is 8. The number of ether oxygens (including phenoxy) is 2. The van der Waals surface area contributed by atoms with Gasteiger partial charge in [-0.1, -0.05) is 13.3 Å². The van der Waals surface area contributed by atoms with Gasteiger partial charge in [0.25, 0.3) is 0 Å². The number of alkyl halides is 3. The van der Waals surface area contributed by atoms with E-state index in [1.807, 2.05) is 0 Å². The minimum absolute atomic E-state index is 0.0216. The Morgan fingerprint density at radius 3 is 2.42 bits per heavy atom. The molecule has 0 amide bonds.